The molecule has 3 rings (SSSR count). The highest BCUT2D eigenvalue weighted by molar-refractivity contribution is 5.56. The Hall–Kier alpha value is -1.86. The molecule has 1 aromatic carbocycles. The van der Waals surface area contributed by atoms with Crippen molar-refractivity contribution in [3.8, 4) is 11.5 Å². The molecular weight excluding hydrogens is 288 g/mol. The molecule has 0 saturated heterocycles. The van der Waals surface area contributed by atoms with Gasteiger partial charge < -0.3 is 20.3 Å². The molecule has 0 radical (unpaired) electrons. The Bertz CT molecular complexity index is 571. The summed E-state index contributed by atoms with van der Waals surface area (Å²) in [5, 5.41) is 21.8. The van der Waals surface area contributed by atoms with Crippen LogP contribution in [0.25, 0.3) is 0 Å². The zero-order valence-corrected chi connectivity index (χ0v) is 12.2. The largest absolute Gasteiger partial charge is 0.454 e. The van der Waals surface area contributed by atoms with Gasteiger partial charge in [-0.15, -0.1) is 0 Å². The van der Waals surface area contributed by atoms with Gasteiger partial charge in [-0.05, 0) is 24.8 Å². The molecule has 0 bridgehead atoms. The molecule has 22 heavy (non-hydrogen) atoms. The highest BCUT2D eigenvalue weighted by Crippen LogP contribution is 2.41. The zero-order valence-electron chi connectivity index (χ0n) is 12.2. The van der Waals surface area contributed by atoms with Crippen molar-refractivity contribution in [2.45, 2.75) is 44.2 Å². The summed E-state index contributed by atoms with van der Waals surface area (Å²) in [6.45, 7) is 0.0381. The maximum Gasteiger partial charge on any atom is 0.278 e. The highest BCUT2D eigenvalue weighted by Gasteiger charge is 2.33. The number of benzene rings is 1. The smallest absolute Gasteiger partial charge is 0.278 e. The number of hydrogen-bond donors (Lipinski definition) is 2. The van der Waals surface area contributed by atoms with Crippen molar-refractivity contribution in [2.24, 2.45) is 11.7 Å². The second kappa shape index (κ2) is 6.10. The third kappa shape index (κ3) is 2.74. The van der Waals surface area contributed by atoms with Crippen molar-refractivity contribution >= 4 is 5.69 Å². The normalized spacial score (nSPS) is 20.6. The van der Waals surface area contributed by atoms with Crippen LogP contribution in [-0.2, 0) is 0 Å². The number of nitrogens with zero attached hydrogens (tertiary/aromatic N) is 1. The van der Waals surface area contributed by atoms with Gasteiger partial charge in [-0.2, -0.15) is 0 Å². The summed E-state index contributed by atoms with van der Waals surface area (Å²) >= 11 is 0. The van der Waals surface area contributed by atoms with E-state index in [2.05, 4.69) is 0 Å². The van der Waals surface area contributed by atoms with Gasteiger partial charge in [0.15, 0.2) is 11.5 Å². The van der Waals surface area contributed by atoms with Crippen molar-refractivity contribution in [1.82, 2.24) is 0 Å². The summed E-state index contributed by atoms with van der Waals surface area (Å²) in [7, 11) is 0. The number of fused-ring (bicyclic) bond motifs is 1. The van der Waals surface area contributed by atoms with E-state index in [4.69, 9.17) is 15.2 Å². The van der Waals surface area contributed by atoms with Gasteiger partial charge >= 0.3 is 0 Å². The number of nitro benzene ring substituents is 1. The molecule has 2 aliphatic rings. The number of aliphatic hydroxyl groups excluding tert-OH is 1. The van der Waals surface area contributed by atoms with E-state index in [-0.39, 0.29) is 18.4 Å². The van der Waals surface area contributed by atoms with Gasteiger partial charge in [-0.3, -0.25) is 10.1 Å². The van der Waals surface area contributed by atoms with Crippen molar-refractivity contribution < 1.29 is 19.5 Å². The summed E-state index contributed by atoms with van der Waals surface area (Å²) < 4.78 is 10.4. The maximum atomic E-state index is 11.3. The van der Waals surface area contributed by atoms with Crippen molar-refractivity contribution in [3.05, 3.63) is 27.8 Å². The minimum Gasteiger partial charge on any atom is -0.454 e. The zero-order chi connectivity index (χ0) is 15.7. The lowest BCUT2D eigenvalue weighted by Gasteiger charge is -2.30. The molecule has 0 aromatic heterocycles. The number of nitro groups is 1. The van der Waals surface area contributed by atoms with Crippen LogP contribution in [0.1, 0.15) is 43.7 Å². The van der Waals surface area contributed by atoms with Crippen LogP contribution < -0.4 is 15.2 Å². The van der Waals surface area contributed by atoms with Crippen molar-refractivity contribution in [1.29, 1.82) is 0 Å². The van der Waals surface area contributed by atoms with E-state index in [0.717, 1.165) is 25.7 Å². The Labute approximate surface area is 128 Å². The van der Waals surface area contributed by atoms with Crippen LogP contribution in [0.2, 0.25) is 0 Å². The Morgan fingerprint density at radius 2 is 1.86 bits per heavy atom. The average molecular weight is 308 g/mol. The molecule has 1 saturated carbocycles. The fourth-order valence-electron chi connectivity index (χ4n) is 3.32. The molecule has 2 atom stereocenters. The monoisotopic (exact) mass is 308 g/mol. The Morgan fingerprint density at radius 3 is 2.50 bits per heavy atom. The molecule has 1 aliphatic heterocycles. The Morgan fingerprint density at radius 1 is 1.23 bits per heavy atom. The van der Waals surface area contributed by atoms with E-state index >= 15 is 0 Å². The fourth-order valence-corrected chi connectivity index (χ4v) is 3.32. The summed E-state index contributed by atoms with van der Waals surface area (Å²) in [6, 6.07) is 2.04. The van der Waals surface area contributed by atoms with Gasteiger partial charge in [-0.25, -0.2) is 0 Å². The lowest BCUT2D eigenvalue weighted by Crippen LogP contribution is -2.34. The maximum absolute atomic E-state index is 11.3. The van der Waals surface area contributed by atoms with Crippen LogP contribution in [0.5, 0.6) is 11.5 Å². The third-order valence-electron chi connectivity index (χ3n) is 4.58. The van der Waals surface area contributed by atoms with E-state index in [1.807, 2.05) is 0 Å². The van der Waals surface area contributed by atoms with Gasteiger partial charge in [0, 0.05) is 0 Å². The molecule has 0 unspecified atom stereocenters. The van der Waals surface area contributed by atoms with Crippen LogP contribution >= 0.6 is 0 Å². The van der Waals surface area contributed by atoms with E-state index in [0.29, 0.717) is 17.1 Å². The van der Waals surface area contributed by atoms with E-state index in [1.54, 1.807) is 0 Å². The van der Waals surface area contributed by atoms with Gasteiger partial charge in [-0.1, -0.05) is 19.3 Å². The van der Waals surface area contributed by atoms with E-state index in [9.17, 15) is 15.2 Å². The van der Waals surface area contributed by atoms with Crippen LogP contribution in [0.4, 0.5) is 5.69 Å². The topological polar surface area (TPSA) is 108 Å². The highest BCUT2D eigenvalue weighted by atomic mass is 16.7. The lowest BCUT2D eigenvalue weighted by molar-refractivity contribution is -0.385. The fraction of sp³-hybridized carbons (Fsp3) is 0.600. The van der Waals surface area contributed by atoms with Gasteiger partial charge in [0.1, 0.15) is 0 Å². The first-order valence-corrected chi connectivity index (χ1v) is 7.59. The van der Waals surface area contributed by atoms with Gasteiger partial charge in [0.25, 0.3) is 5.69 Å². The molecule has 0 amide bonds. The summed E-state index contributed by atoms with van der Waals surface area (Å²) in [5.74, 6) is 0.871. The van der Waals surface area contributed by atoms with E-state index in [1.165, 1.54) is 18.6 Å². The summed E-state index contributed by atoms with van der Waals surface area (Å²) in [6.07, 6.45) is 4.33. The summed E-state index contributed by atoms with van der Waals surface area (Å²) in [4.78, 5) is 10.8. The second-order valence-electron chi connectivity index (χ2n) is 5.94. The molecule has 1 aliphatic carbocycles. The third-order valence-corrected chi connectivity index (χ3v) is 4.58. The van der Waals surface area contributed by atoms with Gasteiger partial charge in [0.2, 0.25) is 6.79 Å². The molecule has 120 valence electrons. The van der Waals surface area contributed by atoms with Gasteiger partial charge in [0.05, 0.1) is 28.7 Å². The van der Waals surface area contributed by atoms with Crippen molar-refractivity contribution in [2.75, 3.05) is 6.79 Å². The molecule has 3 N–H and O–H groups in total. The first-order valence-electron chi connectivity index (χ1n) is 7.59. The lowest BCUT2D eigenvalue weighted by atomic mass is 9.81. The first kappa shape index (κ1) is 15.1. The number of rotatable bonds is 4. The van der Waals surface area contributed by atoms with Crippen molar-refractivity contribution in [3.63, 3.8) is 0 Å². The van der Waals surface area contributed by atoms with Crippen LogP contribution in [0.15, 0.2) is 12.1 Å². The first-order chi connectivity index (χ1) is 10.6. The van der Waals surface area contributed by atoms with Crippen LogP contribution in [-0.4, -0.2) is 22.9 Å². The predicted molar refractivity (Wildman–Crippen MR) is 78.7 cm³/mol. The Kier molecular flexibility index (Phi) is 4.17. The standard InChI is InChI=1S/C15H20N2O5/c16-14(15(18)9-4-2-1-3-5-9)10-6-12-13(22-8-21-12)7-11(10)17(19)20/h6-7,9,14-15,18H,1-5,8,16H2/t14-,15+/m0/s1. The molecular formula is C15H20N2O5. The molecule has 7 nitrogen and oxygen atoms in total. The summed E-state index contributed by atoms with van der Waals surface area (Å²) in [5.41, 5.74) is 6.32. The molecule has 1 aromatic rings. The number of hydrogen-bond acceptors (Lipinski definition) is 6. The average Bonchev–Trinajstić information content (AvgIpc) is 3.00. The molecule has 1 fully saturated rings. The quantitative estimate of drug-likeness (QED) is 0.652. The number of aliphatic hydroxyl groups is 1. The minimum absolute atomic E-state index is 0.0381. The number of ether oxygens (including phenoxy) is 2. The van der Waals surface area contributed by atoms with Crippen LogP contribution in [0.3, 0.4) is 0 Å². The molecule has 1 heterocycles. The SMILES string of the molecule is N[C@@H](c1cc2c(cc1[N+](=O)[O-])OCO2)[C@H](O)C1CCCCC1. The van der Waals surface area contributed by atoms with Crippen LogP contribution in [0, 0.1) is 16.0 Å². The van der Waals surface area contributed by atoms with E-state index < -0.39 is 17.1 Å². The molecule has 7 heteroatoms. The minimum atomic E-state index is -0.807. The number of nitrogens with two attached hydrogens (primary N) is 1. The Balaban J connectivity index is 1.90. The molecule has 0 spiro atoms. The second-order valence-corrected chi connectivity index (χ2v) is 5.94. The predicted octanol–water partition coefficient (Wildman–Crippen LogP) is 2.26.